The third-order valence-corrected chi connectivity index (χ3v) is 5.83. The lowest BCUT2D eigenvalue weighted by atomic mass is 9.82. The molecule has 0 bridgehead atoms. The van der Waals surface area contributed by atoms with Gasteiger partial charge in [0.1, 0.15) is 0 Å². The van der Waals surface area contributed by atoms with Crippen molar-refractivity contribution >= 4 is 0 Å². The van der Waals surface area contributed by atoms with Crippen LogP contribution in [0.5, 0.6) is 5.75 Å². The summed E-state index contributed by atoms with van der Waals surface area (Å²) in [4.78, 5) is 0. The van der Waals surface area contributed by atoms with Crippen LogP contribution in [0, 0.1) is 29.4 Å². The van der Waals surface area contributed by atoms with E-state index in [1.165, 1.54) is 19.3 Å². The van der Waals surface area contributed by atoms with Crippen molar-refractivity contribution in [1.29, 1.82) is 0 Å². The largest absolute Gasteiger partial charge is 0.491 e. The summed E-state index contributed by atoms with van der Waals surface area (Å²) in [5.74, 6) is 0.821. The number of halogens is 2. The zero-order valence-electron chi connectivity index (χ0n) is 16.3. The average Bonchev–Trinajstić information content (AvgIpc) is 2.83. The van der Waals surface area contributed by atoms with Gasteiger partial charge in [-0.2, -0.15) is 4.39 Å². The molecule has 2 rings (SSSR count). The van der Waals surface area contributed by atoms with Crippen molar-refractivity contribution in [1.82, 2.24) is 0 Å². The maximum Gasteiger partial charge on any atom is 0.200 e. The van der Waals surface area contributed by atoms with Crippen molar-refractivity contribution < 1.29 is 13.5 Å². The summed E-state index contributed by atoms with van der Waals surface area (Å²) in [6.45, 7) is 9.04. The summed E-state index contributed by atoms with van der Waals surface area (Å²) in [5, 5.41) is 0. The Kier molecular flexibility index (Phi) is 7.71. The number of benzene rings is 1. The van der Waals surface area contributed by atoms with Crippen LogP contribution in [0.15, 0.2) is 12.1 Å². The Labute approximate surface area is 152 Å². The Bertz CT molecular complexity index is 541. The van der Waals surface area contributed by atoms with Crippen molar-refractivity contribution in [3.63, 3.8) is 0 Å². The molecular weight excluding hydrogens is 318 g/mol. The monoisotopic (exact) mass is 352 g/mol. The lowest BCUT2D eigenvalue weighted by Gasteiger charge is -2.23. The summed E-state index contributed by atoms with van der Waals surface area (Å²) in [6, 6.07) is 3.32. The van der Waals surface area contributed by atoms with Gasteiger partial charge in [-0.3, -0.25) is 0 Å². The highest BCUT2D eigenvalue weighted by atomic mass is 19.2. The fourth-order valence-corrected chi connectivity index (χ4v) is 4.17. The van der Waals surface area contributed by atoms with E-state index in [-0.39, 0.29) is 11.7 Å². The van der Waals surface area contributed by atoms with E-state index in [0.29, 0.717) is 12.2 Å². The number of hydrogen-bond acceptors (Lipinski definition) is 1. The first-order valence-corrected chi connectivity index (χ1v) is 10.0. The normalized spacial score (nSPS) is 22.7. The fourth-order valence-electron chi connectivity index (χ4n) is 4.17. The molecule has 1 nitrogen and oxygen atoms in total. The van der Waals surface area contributed by atoms with Crippen LogP contribution in [0.25, 0.3) is 0 Å². The van der Waals surface area contributed by atoms with E-state index in [2.05, 4.69) is 20.8 Å². The molecule has 25 heavy (non-hydrogen) atoms. The molecule has 3 unspecified atom stereocenters. The zero-order chi connectivity index (χ0) is 18.4. The quantitative estimate of drug-likeness (QED) is 0.476. The van der Waals surface area contributed by atoms with Gasteiger partial charge in [-0.25, -0.2) is 4.39 Å². The molecule has 1 saturated carbocycles. The predicted molar refractivity (Wildman–Crippen MR) is 100 cm³/mol. The standard InChI is InChI=1S/C22H34F2O/c1-5-25-20-14-13-19(21(23)22(20)24)18-8-6-7-17(11-12-18)16(4)10-9-15(2)3/h13-18H,5-12H2,1-4H3. The van der Waals surface area contributed by atoms with Crippen LogP contribution >= 0.6 is 0 Å². The van der Waals surface area contributed by atoms with Gasteiger partial charge in [-0.05, 0) is 61.5 Å². The van der Waals surface area contributed by atoms with Crippen LogP contribution in [0.4, 0.5) is 8.78 Å². The fraction of sp³-hybridized carbons (Fsp3) is 0.727. The van der Waals surface area contributed by atoms with Crippen LogP contribution in [0.1, 0.15) is 84.1 Å². The van der Waals surface area contributed by atoms with E-state index in [0.717, 1.165) is 43.4 Å². The maximum absolute atomic E-state index is 14.5. The molecule has 142 valence electrons. The highest BCUT2D eigenvalue weighted by Gasteiger charge is 2.27. The second-order valence-electron chi connectivity index (χ2n) is 8.13. The molecule has 1 aromatic carbocycles. The van der Waals surface area contributed by atoms with Gasteiger partial charge in [-0.15, -0.1) is 0 Å². The molecule has 0 amide bonds. The minimum absolute atomic E-state index is 0.0255. The molecule has 0 N–H and O–H groups in total. The van der Waals surface area contributed by atoms with E-state index in [4.69, 9.17) is 4.74 Å². The van der Waals surface area contributed by atoms with Crippen LogP contribution < -0.4 is 4.74 Å². The molecule has 3 atom stereocenters. The number of rotatable bonds is 7. The Hall–Kier alpha value is -1.12. The van der Waals surface area contributed by atoms with Gasteiger partial charge in [-0.1, -0.05) is 52.5 Å². The number of ether oxygens (including phenoxy) is 1. The second-order valence-corrected chi connectivity index (χ2v) is 8.13. The lowest BCUT2D eigenvalue weighted by Crippen LogP contribution is -2.12. The van der Waals surface area contributed by atoms with Gasteiger partial charge in [0.15, 0.2) is 11.6 Å². The summed E-state index contributed by atoms with van der Waals surface area (Å²) < 4.78 is 33.9. The minimum Gasteiger partial charge on any atom is -0.491 e. The van der Waals surface area contributed by atoms with E-state index in [1.54, 1.807) is 19.1 Å². The van der Waals surface area contributed by atoms with Gasteiger partial charge >= 0.3 is 0 Å². The zero-order valence-corrected chi connectivity index (χ0v) is 16.3. The van der Waals surface area contributed by atoms with E-state index in [9.17, 15) is 8.78 Å². The minimum atomic E-state index is -0.828. The molecule has 1 fully saturated rings. The molecule has 3 heteroatoms. The third kappa shape index (κ3) is 5.43. The van der Waals surface area contributed by atoms with Gasteiger partial charge < -0.3 is 4.74 Å². The summed E-state index contributed by atoms with van der Waals surface area (Å²) >= 11 is 0. The van der Waals surface area contributed by atoms with Crippen molar-refractivity contribution in [2.24, 2.45) is 17.8 Å². The molecule has 0 saturated heterocycles. The smallest absolute Gasteiger partial charge is 0.200 e. The Balaban J connectivity index is 2.02. The predicted octanol–water partition coefficient (Wildman–Crippen LogP) is 7.10. The Morgan fingerprint density at radius 1 is 1.00 bits per heavy atom. The Morgan fingerprint density at radius 2 is 1.76 bits per heavy atom. The maximum atomic E-state index is 14.5. The summed E-state index contributed by atoms with van der Waals surface area (Å²) in [6.07, 6.45) is 7.92. The van der Waals surface area contributed by atoms with Crippen LogP contribution in [-0.2, 0) is 0 Å². The second kappa shape index (κ2) is 9.54. The highest BCUT2D eigenvalue weighted by Crippen LogP contribution is 2.40. The van der Waals surface area contributed by atoms with Gasteiger partial charge in [0.25, 0.3) is 0 Å². The van der Waals surface area contributed by atoms with E-state index >= 15 is 0 Å². The number of hydrogen-bond donors (Lipinski definition) is 0. The van der Waals surface area contributed by atoms with Crippen molar-refractivity contribution in [3.8, 4) is 5.75 Å². The van der Waals surface area contributed by atoms with Crippen molar-refractivity contribution in [3.05, 3.63) is 29.3 Å². The molecular formula is C22H34F2O. The first-order valence-electron chi connectivity index (χ1n) is 10.0. The van der Waals surface area contributed by atoms with E-state index in [1.807, 2.05) is 0 Å². The molecule has 0 radical (unpaired) electrons. The topological polar surface area (TPSA) is 9.23 Å². The molecule has 1 aromatic rings. The van der Waals surface area contributed by atoms with Crippen LogP contribution in [0.2, 0.25) is 0 Å². The molecule has 1 aliphatic carbocycles. The van der Waals surface area contributed by atoms with E-state index < -0.39 is 11.6 Å². The average molecular weight is 353 g/mol. The lowest BCUT2D eigenvalue weighted by molar-refractivity contribution is 0.285. The summed E-state index contributed by atoms with van der Waals surface area (Å²) in [7, 11) is 0. The molecule has 0 aromatic heterocycles. The van der Waals surface area contributed by atoms with Gasteiger partial charge in [0.05, 0.1) is 6.61 Å². The van der Waals surface area contributed by atoms with Gasteiger partial charge in [0.2, 0.25) is 5.82 Å². The van der Waals surface area contributed by atoms with Crippen molar-refractivity contribution in [2.75, 3.05) is 6.61 Å². The molecule has 1 aliphatic rings. The first kappa shape index (κ1) is 20.2. The van der Waals surface area contributed by atoms with Crippen LogP contribution in [0.3, 0.4) is 0 Å². The highest BCUT2D eigenvalue weighted by molar-refractivity contribution is 5.33. The molecule has 0 heterocycles. The summed E-state index contributed by atoms with van der Waals surface area (Å²) in [5.41, 5.74) is 0.538. The third-order valence-electron chi connectivity index (χ3n) is 5.83. The molecule has 0 aliphatic heterocycles. The molecule has 0 spiro atoms. The Morgan fingerprint density at radius 3 is 2.44 bits per heavy atom. The first-order chi connectivity index (χ1) is 11.9. The van der Waals surface area contributed by atoms with Crippen molar-refractivity contribution in [2.45, 2.75) is 78.6 Å². The van der Waals surface area contributed by atoms with Gasteiger partial charge in [0, 0.05) is 0 Å². The van der Waals surface area contributed by atoms with Crippen LogP contribution in [-0.4, -0.2) is 6.61 Å². The SMILES string of the molecule is CCOc1ccc(C2CCCC(C(C)CCC(C)C)CC2)c(F)c1F.